The minimum Gasteiger partial charge on any atom is -0.480 e. The van der Waals surface area contributed by atoms with E-state index in [4.69, 9.17) is 5.11 Å². The lowest BCUT2D eigenvalue weighted by atomic mass is 10.1. The van der Waals surface area contributed by atoms with E-state index in [0.717, 1.165) is 4.31 Å². The molecule has 0 aromatic carbocycles. The Kier molecular flexibility index (Phi) is 6.77. The van der Waals surface area contributed by atoms with Gasteiger partial charge in [-0.2, -0.15) is 0 Å². The van der Waals surface area contributed by atoms with Crippen molar-refractivity contribution in [3.05, 3.63) is 0 Å². The van der Waals surface area contributed by atoms with Crippen LogP contribution in [0.4, 0.5) is 4.79 Å². The predicted octanol–water partition coefficient (Wildman–Crippen LogP) is -0.714. The van der Waals surface area contributed by atoms with Crippen LogP contribution in [0.15, 0.2) is 0 Å². The highest BCUT2D eigenvalue weighted by Gasteiger charge is 2.23. The maximum atomic E-state index is 11.4. The number of carbonyl (C=O) groups is 2. The largest absolute Gasteiger partial charge is 0.480 e. The molecular weight excluding hydrogens is 274 g/mol. The van der Waals surface area contributed by atoms with E-state index < -0.39 is 28.1 Å². The number of hydrogen-bond donors (Lipinski definition) is 3. The summed E-state index contributed by atoms with van der Waals surface area (Å²) in [5.41, 5.74) is 0. The van der Waals surface area contributed by atoms with Gasteiger partial charge in [0.05, 0.1) is 5.75 Å². The summed E-state index contributed by atoms with van der Waals surface area (Å²) in [6.07, 6.45) is 0. The van der Waals surface area contributed by atoms with E-state index in [0.29, 0.717) is 0 Å². The Hall–Kier alpha value is -1.35. The maximum Gasteiger partial charge on any atom is 0.326 e. The summed E-state index contributed by atoms with van der Waals surface area (Å²) in [4.78, 5) is 22.3. The SMILES string of the molecule is CC(C)[C@H](NC(=O)NCCS(=O)(=O)N(C)C)C(=O)O. The van der Waals surface area contributed by atoms with Gasteiger partial charge in [0, 0.05) is 20.6 Å². The van der Waals surface area contributed by atoms with Crippen molar-refractivity contribution in [1.29, 1.82) is 0 Å². The number of urea groups is 1. The fourth-order valence-electron chi connectivity index (χ4n) is 1.18. The van der Waals surface area contributed by atoms with Gasteiger partial charge in [-0.15, -0.1) is 0 Å². The molecule has 0 rings (SSSR count). The predicted molar refractivity (Wildman–Crippen MR) is 70.3 cm³/mol. The average Bonchev–Trinajstić information content (AvgIpc) is 2.24. The lowest BCUT2D eigenvalue weighted by Crippen LogP contribution is -2.49. The molecule has 0 aromatic rings. The van der Waals surface area contributed by atoms with Gasteiger partial charge in [0.2, 0.25) is 10.0 Å². The topological polar surface area (TPSA) is 116 Å². The smallest absolute Gasteiger partial charge is 0.326 e. The molecule has 19 heavy (non-hydrogen) atoms. The third-order valence-electron chi connectivity index (χ3n) is 2.42. The van der Waals surface area contributed by atoms with Crippen molar-refractivity contribution < 1.29 is 23.1 Å². The summed E-state index contributed by atoms with van der Waals surface area (Å²) in [6, 6.07) is -1.71. The van der Waals surface area contributed by atoms with Gasteiger partial charge in [-0.25, -0.2) is 22.3 Å². The number of aliphatic carboxylic acids is 1. The fraction of sp³-hybridized carbons (Fsp3) is 0.800. The van der Waals surface area contributed by atoms with Crippen LogP contribution < -0.4 is 10.6 Å². The van der Waals surface area contributed by atoms with Gasteiger partial charge in [-0.1, -0.05) is 13.8 Å². The van der Waals surface area contributed by atoms with E-state index in [9.17, 15) is 18.0 Å². The molecule has 8 nitrogen and oxygen atoms in total. The Balaban J connectivity index is 4.24. The standard InChI is InChI=1S/C10H21N3O5S/c1-7(2)8(9(14)15)12-10(16)11-5-6-19(17,18)13(3)4/h7-8H,5-6H2,1-4H3,(H,14,15)(H2,11,12,16)/t8-/m0/s1. The Labute approximate surface area is 113 Å². The molecule has 0 aliphatic carbocycles. The van der Waals surface area contributed by atoms with Crippen LogP contribution in [0.2, 0.25) is 0 Å². The molecule has 0 spiro atoms. The highest BCUT2D eigenvalue weighted by atomic mass is 32.2. The molecule has 0 heterocycles. The number of nitrogens with one attached hydrogen (secondary N) is 2. The Bertz CT molecular complexity index is 419. The lowest BCUT2D eigenvalue weighted by molar-refractivity contribution is -0.140. The van der Waals surface area contributed by atoms with Crippen molar-refractivity contribution in [3.8, 4) is 0 Å². The van der Waals surface area contributed by atoms with E-state index in [1.54, 1.807) is 13.8 Å². The monoisotopic (exact) mass is 295 g/mol. The van der Waals surface area contributed by atoms with Crippen LogP contribution in [0.5, 0.6) is 0 Å². The Morgan fingerprint density at radius 3 is 2.16 bits per heavy atom. The molecule has 0 bridgehead atoms. The van der Waals surface area contributed by atoms with Crippen molar-refractivity contribution in [1.82, 2.24) is 14.9 Å². The zero-order chi connectivity index (χ0) is 15.2. The molecule has 0 aliphatic heterocycles. The highest BCUT2D eigenvalue weighted by Crippen LogP contribution is 2.01. The molecule has 3 N–H and O–H groups in total. The Morgan fingerprint density at radius 1 is 1.26 bits per heavy atom. The van der Waals surface area contributed by atoms with Crippen molar-refractivity contribution in [2.75, 3.05) is 26.4 Å². The highest BCUT2D eigenvalue weighted by molar-refractivity contribution is 7.89. The molecule has 0 saturated heterocycles. The first-order valence-corrected chi connectivity index (χ1v) is 7.36. The van der Waals surface area contributed by atoms with Crippen LogP contribution in [-0.2, 0) is 14.8 Å². The second-order valence-corrected chi connectivity index (χ2v) is 6.86. The number of carboxylic acid groups (broad SMARTS) is 1. The van der Waals surface area contributed by atoms with Crippen LogP contribution in [0.1, 0.15) is 13.8 Å². The van der Waals surface area contributed by atoms with Gasteiger partial charge in [0.15, 0.2) is 0 Å². The number of carbonyl (C=O) groups excluding carboxylic acids is 1. The first-order valence-electron chi connectivity index (χ1n) is 5.75. The number of amides is 2. The zero-order valence-electron chi connectivity index (χ0n) is 11.5. The first kappa shape index (κ1) is 17.6. The van der Waals surface area contributed by atoms with Crippen molar-refractivity contribution in [2.45, 2.75) is 19.9 Å². The van der Waals surface area contributed by atoms with Crippen molar-refractivity contribution >= 4 is 22.0 Å². The molecule has 9 heteroatoms. The minimum atomic E-state index is -3.38. The van der Waals surface area contributed by atoms with Gasteiger partial charge in [-0.3, -0.25) is 0 Å². The summed E-state index contributed by atoms with van der Waals surface area (Å²) in [6.45, 7) is 3.24. The molecule has 2 amide bonds. The van der Waals surface area contributed by atoms with Crippen LogP contribution in [0, 0.1) is 5.92 Å². The molecule has 112 valence electrons. The third kappa shape index (κ3) is 6.39. The molecule has 0 radical (unpaired) electrons. The van der Waals surface area contributed by atoms with Gasteiger partial charge in [0.1, 0.15) is 6.04 Å². The molecular formula is C10H21N3O5S. The number of rotatable bonds is 7. The summed E-state index contributed by atoms with van der Waals surface area (Å²) >= 11 is 0. The first-order chi connectivity index (χ1) is 8.58. The number of sulfonamides is 1. The lowest BCUT2D eigenvalue weighted by Gasteiger charge is -2.18. The van der Waals surface area contributed by atoms with Crippen molar-refractivity contribution in [2.24, 2.45) is 5.92 Å². The molecule has 0 unspecified atom stereocenters. The van der Waals surface area contributed by atoms with E-state index in [2.05, 4.69) is 10.6 Å². The summed E-state index contributed by atoms with van der Waals surface area (Å²) in [5, 5.41) is 13.5. The van der Waals surface area contributed by atoms with Crippen LogP contribution >= 0.6 is 0 Å². The molecule has 0 saturated carbocycles. The van der Waals surface area contributed by atoms with Gasteiger partial charge in [-0.05, 0) is 5.92 Å². The minimum absolute atomic E-state index is 0.0865. The molecule has 0 aromatic heterocycles. The van der Waals surface area contributed by atoms with Crippen LogP contribution in [-0.4, -0.2) is 62.3 Å². The maximum absolute atomic E-state index is 11.4. The van der Waals surface area contributed by atoms with E-state index >= 15 is 0 Å². The third-order valence-corrected chi connectivity index (χ3v) is 4.25. The quantitative estimate of drug-likeness (QED) is 0.573. The van der Waals surface area contributed by atoms with E-state index in [1.807, 2.05) is 0 Å². The van der Waals surface area contributed by atoms with Gasteiger partial charge < -0.3 is 15.7 Å². The normalized spacial score (nSPS) is 13.4. The molecule has 1 atom stereocenters. The Morgan fingerprint density at radius 2 is 1.79 bits per heavy atom. The molecule has 0 fully saturated rings. The number of nitrogens with zero attached hydrogens (tertiary/aromatic N) is 1. The number of hydrogen-bond acceptors (Lipinski definition) is 4. The zero-order valence-corrected chi connectivity index (χ0v) is 12.3. The van der Waals surface area contributed by atoms with Gasteiger partial charge in [0.25, 0.3) is 0 Å². The van der Waals surface area contributed by atoms with Crippen LogP contribution in [0.3, 0.4) is 0 Å². The summed E-state index contributed by atoms with van der Waals surface area (Å²) < 4.78 is 23.9. The second-order valence-electron chi connectivity index (χ2n) is 4.56. The second kappa shape index (κ2) is 7.29. The number of carboxylic acids is 1. The van der Waals surface area contributed by atoms with E-state index in [1.165, 1.54) is 14.1 Å². The van der Waals surface area contributed by atoms with Gasteiger partial charge >= 0.3 is 12.0 Å². The van der Waals surface area contributed by atoms with Crippen LogP contribution in [0.25, 0.3) is 0 Å². The van der Waals surface area contributed by atoms with Crippen molar-refractivity contribution in [3.63, 3.8) is 0 Å². The molecule has 0 aliphatic rings. The summed E-state index contributed by atoms with van der Waals surface area (Å²) in [7, 11) is -0.586. The summed E-state index contributed by atoms with van der Waals surface area (Å²) in [5.74, 6) is -1.65. The van der Waals surface area contributed by atoms with E-state index in [-0.39, 0.29) is 18.2 Å². The average molecular weight is 295 g/mol. The fourth-order valence-corrected chi connectivity index (χ4v) is 1.91.